The molecule has 1 amide bonds. The molecule has 126 valence electrons. The van der Waals surface area contributed by atoms with E-state index >= 15 is 0 Å². The summed E-state index contributed by atoms with van der Waals surface area (Å²) >= 11 is 1.41. The zero-order valence-electron chi connectivity index (χ0n) is 13.5. The molecule has 0 aliphatic carbocycles. The number of nitro benzene ring substituents is 1. The lowest BCUT2D eigenvalue weighted by atomic mass is 10.2. The molecule has 0 aromatic heterocycles. The molecule has 1 N–H and O–H groups in total. The smallest absolute Gasteiger partial charge is 0.306 e. The van der Waals surface area contributed by atoms with Crippen molar-refractivity contribution in [2.45, 2.75) is 30.9 Å². The lowest BCUT2D eigenvalue weighted by Crippen LogP contribution is -2.22. The molecule has 1 atom stereocenters. The number of hydrogen-bond donors (Lipinski definition) is 1. The predicted molar refractivity (Wildman–Crippen MR) is 92.9 cm³/mol. The number of benzene rings is 2. The quantitative estimate of drug-likeness (QED) is 0.491. The first-order valence-electron chi connectivity index (χ1n) is 7.26. The van der Waals surface area contributed by atoms with Gasteiger partial charge in [-0.05, 0) is 44.5 Å². The number of rotatable bonds is 5. The van der Waals surface area contributed by atoms with Crippen molar-refractivity contribution in [1.29, 1.82) is 0 Å². The van der Waals surface area contributed by atoms with E-state index in [4.69, 9.17) is 0 Å². The first-order valence-corrected chi connectivity index (χ1v) is 8.14. The van der Waals surface area contributed by atoms with Crippen LogP contribution in [0.4, 0.5) is 15.8 Å². The first-order chi connectivity index (χ1) is 11.3. The van der Waals surface area contributed by atoms with Crippen LogP contribution in [0.3, 0.4) is 0 Å². The summed E-state index contributed by atoms with van der Waals surface area (Å²) in [7, 11) is 0. The van der Waals surface area contributed by atoms with Crippen molar-refractivity contribution in [2.75, 3.05) is 5.32 Å². The number of thioether (sulfide) groups is 1. The summed E-state index contributed by atoms with van der Waals surface area (Å²) in [4.78, 5) is 23.2. The Morgan fingerprint density at radius 3 is 2.62 bits per heavy atom. The first kappa shape index (κ1) is 17.9. The van der Waals surface area contributed by atoms with Crippen LogP contribution >= 0.6 is 11.8 Å². The number of nitrogens with one attached hydrogen (secondary N) is 1. The normalized spacial score (nSPS) is 11.8. The van der Waals surface area contributed by atoms with Crippen LogP contribution in [0.1, 0.15) is 18.1 Å². The molecule has 2 aromatic rings. The van der Waals surface area contributed by atoms with Gasteiger partial charge in [-0.15, -0.1) is 11.8 Å². The van der Waals surface area contributed by atoms with Crippen molar-refractivity contribution in [1.82, 2.24) is 0 Å². The summed E-state index contributed by atoms with van der Waals surface area (Å²) in [6.45, 7) is 5.70. The molecule has 5 nitrogen and oxygen atoms in total. The predicted octanol–water partition coefficient (Wildman–Crippen LogP) is 4.47. The highest BCUT2D eigenvalue weighted by Gasteiger charge is 2.19. The molecule has 0 spiro atoms. The highest BCUT2D eigenvalue weighted by atomic mass is 32.2. The van der Waals surface area contributed by atoms with Gasteiger partial charge in [-0.1, -0.05) is 17.7 Å². The van der Waals surface area contributed by atoms with Gasteiger partial charge in [0, 0.05) is 16.6 Å². The van der Waals surface area contributed by atoms with Crippen LogP contribution < -0.4 is 5.32 Å². The molecule has 24 heavy (non-hydrogen) atoms. The van der Waals surface area contributed by atoms with E-state index < -0.39 is 21.7 Å². The van der Waals surface area contributed by atoms with Crippen molar-refractivity contribution in [3.63, 3.8) is 0 Å². The van der Waals surface area contributed by atoms with E-state index in [1.807, 2.05) is 32.0 Å². The number of nitrogens with zero attached hydrogens (tertiary/aromatic N) is 1. The van der Waals surface area contributed by atoms with Gasteiger partial charge in [0.25, 0.3) is 0 Å². The number of aryl methyl sites for hydroxylation is 2. The van der Waals surface area contributed by atoms with E-state index in [-0.39, 0.29) is 11.6 Å². The van der Waals surface area contributed by atoms with Gasteiger partial charge in [-0.25, -0.2) is 0 Å². The highest BCUT2D eigenvalue weighted by Crippen LogP contribution is 2.29. The van der Waals surface area contributed by atoms with Crippen LogP contribution in [0.2, 0.25) is 0 Å². The topological polar surface area (TPSA) is 72.2 Å². The molecule has 2 rings (SSSR count). The van der Waals surface area contributed by atoms with E-state index in [9.17, 15) is 19.3 Å². The number of hydrogen-bond acceptors (Lipinski definition) is 4. The van der Waals surface area contributed by atoms with Crippen LogP contribution in [0.5, 0.6) is 0 Å². The van der Waals surface area contributed by atoms with Crippen LogP contribution in [-0.2, 0) is 4.79 Å². The third kappa shape index (κ3) is 4.32. The monoisotopic (exact) mass is 348 g/mol. The number of amides is 1. The molecular weight excluding hydrogens is 331 g/mol. The van der Waals surface area contributed by atoms with Gasteiger partial charge in [0.1, 0.15) is 0 Å². The number of carbonyl (C=O) groups excluding carboxylic acids is 1. The summed E-state index contributed by atoms with van der Waals surface area (Å²) < 4.78 is 13.3. The van der Waals surface area contributed by atoms with E-state index in [0.29, 0.717) is 0 Å². The maximum atomic E-state index is 13.3. The standard InChI is InChI=1S/C17H17FN2O3S/c1-10-4-5-11(2)16(8-10)24-12(3)17(21)19-13-6-7-14(18)15(9-13)20(22)23/h4-9,12H,1-3H3,(H,19,21). The number of halogens is 1. The Morgan fingerprint density at radius 1 is 1.25 bits per heavy atom. The van der Waals surface area contributed by atoms with Crippen molar-refractivity contribution < 1.29 is 14.1 Å². The number of anilines is 1. The van der Waals surface area contributed by atoms with E-state index in [1.54, 1.807) is 6.92 Å². The molecule has 0 aliphatic rings. The molecular formula is C17H17FN2O3S. The van der Waals surface area contributed by atoms with Gasteiger partial charge < -0.3 is 5.32 Å². The second kappa shape index (κ2) is 7.44. The van der Waals surface area contributed by atoms with Crippen molar-refractivity contribution >= 4 is 29.0 Å². The minimum absolute atomic E-state index is 0.196. The third-order valence-electron chi connectivity index (χ3n) is 3.43. The Bertz CT molecular complexity index is 795. The number of nitro groups is 1. The SMILES string of the molecule is Cc1ccc(C)c(SC(C)C(=O)Nc2ccc(F)c([N+](=O)[O-])c2)c1. The van der Waals surface area contributed by atoms with Gasteiger partial charge >= 0.3 is 5.69 Å². The fourth-order valence-electron chi connectivity index (χ4n) is 2.05. The second-order valence-corrected chi connectivity index (χ2v) is 6.82. The minimum atomic E-state index is -0.934. The fraction of sp³-hybridized carbons (Fsp3) is 0.235. The van der Waals surface area contributed by atoms with E-state index in [2.05, 4.69) is 5.32 Å². The molecule has 7 heteroatoms. The van der Waals surface area contributed by atoms with Crippen LogP contribution in [-0.4, -0.2) is 16.1 Å². The Balaban J connectivity index is 2.10. The Hall–Kier alpha value is -2.41. The molecule has 0 aliphatic heterocycles. The zero-order valence-corrected chi connectivity index (χ0v) is 14.3. The zero-order chi connectivity index (χ0) is 17.9. The van der Waals surface area contributed by atoms with Crippen LogP contribution in [0, 0.1) is 29.8 Å². The molecule has 1 unspecified atom stereocenters. The summed E-state index contributed by atoms with van der Waals surface area (Å²) in [6, 6.07) is 9.29. The fourth-order valence-corrected chi connectivity index (χ4v) is 3.11. The summed E-state index contributed by atoms with van der Waals surface area (Å²) in [5, 5.41) is 12.9. The summed E-state index contributed by atoms with van der Waals surface area (Å²) in [5.74, 6) is -1.24. The van der Waals surface area contributed by atoms with Gasteiger partial charge in [0.15, 0.2) is 0 Å². The van der Waals surface area contributed by atoms with Gasteiger partial charge in [-0.3, -0.25) is 14.9 Å². The molecule has 0 radical (unpaired) electrons. The number of carbonyl (C=O) groups is 1. The molecule has 0 bridgehead atoms. The molecule has 0 fully saturated rings. The Morgan fingerprint density at radius 2 is 1.96 bits per heavy atom. The molecule has 2 aromatic carbocycles. The lowest BCUT2D eigenvalue weighted by molar-refractivity contribution is -0.387. The maximum absolute atomic E-state index is 13.3. The Labute approximate surface area is 143 Å². The largest absolute Gasteiger partial charge is 0.325 e. The van der Waals surface area contributed by atoms with Gasteiger partial charge in [-0.2, -0.15) is 4.39 Å². The summed E-state index contributed by atoms with van der Waals surface area (Å²) in [6.07, 6.45) is 0. The van der Waals surface area contributed by atoms with Crippen LogP contribution in [0.25, 0.3) is 0 Å². The van der Waals surface area contributed by atoms with Crippen LogP contribution in [0.15, 0.2) is 41.3 Å². The minimum Gasteiger partial charge on any atom is -0.325 e. The van der Waals surface area contributed by atoms with Crippen molar-refractivity contribution in [3.05, 3.63) is 63.5 Å². The highest BCUT2D eigenvalue weighted by molar-refractivity contribution is 8.00. The second-order valence-electron chi connectivity index (χ2n) is 5.44. The van der Waals surface area contributed by atoms with Crippen molar-refractivity contribution in [2.24, 2.45) is 0 Å². The maximum Gasteiger partial charge on any atom is 0.306 e. The van der Waals surface area contributed by atoms with Gasteiger partial charge in [0.05, 0.1) is 10.2 Å². The van der Waals surface area contributed by atoms with E-state index in [0.717, 1.165) is 28.2 Å². The average Bonchev–Trinajstić information content (AvgIpc) is 2.52. The van der Waals surface area contributed by atoms with E-state index in [1.165, 1.54) is 17.8 Å². The average molecular weight is 348 g/mol. The van der Waals surface area contributed by atoms with Crippen molar-refractivity contribution in [3.8, 4) is 0 Å². The lowest BCUT2D eigenvalue weighted by Gasteiger charge is -2.14. The Kier molecular flexibility index (Phi) is 5.56. The van der Waals surface area contributed by atoms with Gasteiger partial charge in [0.2, 0.25) is 11.7 Å². The summed E-state index contributed by atoms with van der Waals surface area (Å²) in [5.41, 5.74) is 1.71. The third-order valence-corrected chi connectivity index (χ3v) is 4.69. The molecule has 0 saturated heterocycles. The molecule has 0 saturated carbocycles. The molecule has 0 heterocycles.